The lowest BCUT2D eigenvalue weighted by Gasteiger charge is -2.31. The van der Waals surface area contributed by atoms with Gasteiger partial charge in [-0.05, 0) is 24.2 Å². The third-order valence-corrected chi connectivity index (χ3v) is 4.11. The second-order valence-electron chi connectivity index (χ2n) is 4.64. The molecule has 0 spiro atoms. The summed E-state index contributed by atoms with van der Waals surface area (Å²) in [5.41, 5.74) is 0.742. The summed E-state index contributed by atoms with van der Waals surface area (Å²) in [4.78, 5) is 0. The molecule has 2 unspecified atom stereocenters. The summed E-state index contributed by atoms with van der Waals surface area (Å²) in [6, 6.07) is 5.94. The van der Waals surface area contributed by atoms with E-state index in [4.69, 9.17) is 4.74 Å². The van der Waals surface area contributed by atoms with Crippen LogP contribution in [-0.2, 0) is 4.74 Å². The predicted molar refractivity (Wildman–Crippen MR) is 76.6 cm³/mol. The van der Waals surface area contributed by atoms with Crippen molar-refractivity contribution < 1.29 is 22.6 Å². The van der Waals surface area contributed by atoms with Crippen LogP contribution < -0.4 is 10.1 Å². The molecule has 0 bridgehead atoms. The first-order chi connectivity index (χ1) is 9.99. The maximum atomic E-state index is 12.3. The number of rotatable bonds is 5. The van der Waals surface area contributed by atoms with Crippen LogP contribution in [0, 0.1) is 0 Å². The van der Waals surface area contributed by atoms with Crippen LogP contribution in [0.5, 0.6) is 5.75 Å². The highest BCUT2D eigenvalue weighted by Gasteiger charge is 2.32. The van der Waals surface area contributed by atoms with Crippen LogP contribution in [0.4, 0.5) is 13.2 Å². The topological polar surface area (TPSA) is 30.5 Å². The largest absolute Gasteiger partial charge is 0.573 e. The third-order valence-electron chi connectivity index (χ3n) is 3.09. The summed E-state index contributed by atoms with van der Waals surface area (Å²) < 4.78 is 46.7. The third kappa shape index (κ3) is 5.09. The minimum Gasteiger partial charge on any atom is -0.406 e. The normalized spacial score (nSPS) is 21.0. The minimum atomic E-state index is -4.68. The highest BCUT2D eigenvalue weighted by atomic mass is 32.2. The quantitative estimate of drug-likeness (QED) is 0.901. The van der Waals surface area contributed by atoms with E-state index in [0.29, 0.717) is 13.2 Å². The molecule has 1 aromatic carbocycles. The van der Waals surface area contributed by atoms with Gasteiger partial charge in [-0.3, -0.25) is 0 Å². The van der Waals surface area contributed by atoms with Crippen molar-refractivity contribution in [3.05, 3.63) is 29.8 Å². The zero-order chi connectivity index (χ0) is 15.3. The Morgan fingerprint density at radius 3 is 2.90 bits per heavy atom. The van der Waals surface area contributed by atoms with Crippen LogP contribution in [0.3, 0.4) is 0 Å². The summed E-state index contributed by atoms with van der Waals surface area (Å²) in [5.74, 6) is 1.57. The van der Waals surface area contributed by atoms with Crippen LogP contribution in [0.2, 0.25) is 0 Å². The number of nitrogens with one attached hydrogen (secondary N) is 1. The van der Waals surface area contributed by atoms with Gasteiger partial charge in [-0.25, -0.2) is 0 Å². The van der Waals surface area contributed by atoms with Crippen LogP contribution in [0.1, 0.15) is 18.5 Å². The number of alkyl halides is 3. The molecule has 1 aliphatic rings. The fourth-order valence-corrected chi connectivity index (χ4v) is 3.19. The number of ether oxygens (including phenoxy) is 2. The van der Waals surface area contributed by atoms with Gasteiger partial charge in [0.1, 0.15) is 5.75 Å². The van der Waals surface area contributed by atoms with Gasteiger partial charge in [-0.1, -0.05) is 19.1 Å². The molecule has 1 aliphatic heterocycles. The van der Waals surface area contributed by atoms with Gasteiger partial charge in [-0.15, -0.1) is 13.2 Å². The lowest BCUT2D eigenvalue weighted by atomic mass is 10.0. The molecule has 0 radical (unpaired) electrons. The lowest BCUT2D eigenvalue weighted by Crippen LogP contribution is -2.38. The summed E-state index contributed by atoms with van der Waals surface area (Å²) in [6.07, 6.45) is -4.73. The number of hydrogen-bond acceptors (Lipinski definition) is 4. The average molecular weight is 321 g/mol. The molecular weight excluding hydrogens is 303 g/mol. The predicted octanol–water partition coefficient (Wildman–Crippen LogP) is 3.37. The zero-order valence-electron chi connectivity index (χ0n) is 11.7. The lowest BCUT2D eigenvalue weighted by molar-refractivity contribution is -0.274. The van der Waals surface area contributed by atoms with Gasteiger partial charge >= 0.3 is 6.36 Å². The molecular formula is C14H18F3NO2S. The van der Waals surface area contributed by atoms with E-state index < -0.39 is 6.36 Å². The molecule has 2 atom stereocenters. The Kier molecular flexibility index (Phi) is 5.78. The average Bonchev–Trinajstić information content (AvgIpc) is 2.44. The molecule has 118 valence electrons. The van der Waals surface area contributed by atoms with Crippen molar-refractivity contribution in [3.8, 4) is 5.75 Å². The molecule has 0 amide bonds. The molecule has 1 fully saturated rings. The highest BCUT2D eigenvalue weighted by molar-refractivity contribution is 7.99. The molecule has 1 saturated heterocycles. The van der Waals surface area contributed by atoms with E-state index in [1.165, 1.54) is 12.1 Å². The summed E-state index contributed by atoms with van der Waals surface area (Å²) >= 11 is 1.79. The van der Waals surface area contributed by atoms with E-state index in [2.05, 4.69) is 10.1 Å². The number of likely N-dealkylation sites (N-methyl/N-ethyl adjacent to an activating group) is 1. The van der Waals surface area contributed by atoms with Gasteiger partial charge in [0.15, 0.2) is 0 Å². The first-order valence-corrected chi connectivity index (χ1v) is 7.93. The summed E-state index contributed by atoms with van der Waals surface area (Å²) in [5, 5.41) is 3.28. The van der Waals surface area contributed by atoms with Crippen molar-refractivity contribution in [2.75, 3.05) is 24.7 Å². The molecule has 1 heterocycles. The number of hydrogen-bond donors (Lipinski definition) is 1. The van der Waals surface area contributed by atoms with Crippen molar-refractivity contribution in [1.82, 2.24) is 5.32 Å². The fourth-order valence-electron chi connectivity index (χ4n) is 2.29. The molecule has 1 aromatic rings. The summed E-state index contributed by atoms with van der Waals surface area (Å²) in [7, 11) is 0. The Morgan fingerprint density at radius 2 is 2.29 bits per heavy atom. The molecule has 0 saturated carbocycles. The van der Waals surface area contributed by atoms with Crippen molar-refractivity contribution in [2.24, 2.45) is 0 Å². The van der Waals surface area contributed by atoms with Gasteiger partial charge in [0.05, 0.1) is 18.8 Å². The number of thioether (sulfide) groups is 1. The summed E-state index contributed by atoms with van der Waals surface area (Å²) in [6.45, 7) is 3.33. The molecule has 21 heavy (non-hydrogen) atoms. The molecule has 2 rings (SSSR count). The second-order valence-corrected chi connectivity index (χ2v) is 5.79. The number of benzene rings is 1. The first kappa shape index (κ1) is 16.5. The Bertz CT molecular complexity index is 450. The van der Waals surface area contributed by atoms with E-state index >= 15 is 0 Å². The first-order valence-electron chi connectivity index (χ1n) is 6.78. The van der Waals surface area contributed by atoms with Crippen LogP contribution >= 0.6 is 11.8 Å². The molecule has 0 aliphatic carbocycles. The van der Waals surface area contributed by atoms with Gasteiger partial charge in [0.2, 0.25) is 0 Å². The monoisotopic (exact) mass is 321 g/mol. The van der Waals surface area contributed by atoms with Gasteiger partial charge in [0.25, 0.3) is 0 Å². The van der Waals surface area contributed by atoms with Gasteiger partial charge in [-0.2, -0.15) is 11.8 Å². The standard InChI is InChI=1S/C14H18F3NO2S/c1-2-18-13(12-9-21-7-6-19-12)10-4-3-5-11(8-10)20-14(15,16)17/h3-5,8,12-13,18H,2,6-7,9H2,1H3. The molecule has 3 nitrogen and oxygen atoms in total. The number of halogens is 3. The van der Waals surface area contributed by atoms with Crippen molar-refractivity contribution >= 4 is 11.8 Å². The maximum Gasteiger partial charge on any atom is 0.573 e. The zero-order valence-corrected chi connectivity index (χ0v) is 12.5. The second kappa shape index (κ2) is 7.38. The van der Waals surface area contributed by atoms with E-state index in [1.54, 1.807) is 23.9 Å². The SMILES string of the molecule is CCNC(c1cccc(OC(F)(F)F)c1)C1CSCCO1. The van der Waals surface area contributed by atoms with Crippen molar-refractivity contribution in [1.29, 1.82) is 0 Å². The Morgan fingerprint density at radius 1 is 1.48 bits per heavy atom. The van der Waals surface area contributed by atoms with Crippen molar-refractivity contribution in [3.63, 3.8) is 0 Å². The Labute approximate surface area is 126 Å². The van der Waals surface area contributed by atoms with Gasteiger partial charge in [0, 0.05) is 11.5 Å². The van der Waals surface area contributed by atoms with Gasteiger partial charge < -0.3 is 14.8 Å². The molecule has 0 aromatic heterocycles. The molecule has 7 heteroatoms. The van der Waals surface area contributed by atoms with E-state index in [-0.39, 0.29) is 17.9 Å². The maximum absolute atomic E-state index is 12.3. The van der Waals surface area contributed by atoms with E-state index in [0.717, 1.165) is 17.1 Å². The fraction of sp³-hybridized carbons (Fsp3) is 0.571. The Balaban J connectivity index is 2.17. The molecule has 1 N–H and O–H groups in total. The van der Waals surface area contributed by atoms with Crippen LogP contribution in [0.15, 0.2) is 24.3 Å². The smallest absolute Gasteiger partial charge is 0.406 e. The van der Waals surface area contributed by atoms with Crippen molar-refractivity contribution in [2.45, 2.75) is 25.4 Å². The van der Waals surface area contributed by atoms with Crippen LogP contribution in [-0.4, -0.2) is 37.1 Å². The van der Waals surface area contributed by atoms with E-state index in [1.807, 2.05) is 6.92 Å². The van der Waals surface area contributed by atoms with Crippen LogP contribution in [0.25, 0.3) is 0 Å². The highest BCUT2D eigenvalue weighted by Crippen LogP contribution is 2.29. The van der Waals surface area contributed by atoms with E-state index in [9.17, 15) is 13.2 Å². The Hall–Kier alpha value is -0.920. The minimum absolute atomic E-state index is 0.0511.